The van der Waals surface area contributed by atoms with Gasteiger partial charge in [0.15, 0.2) is 0 Å². The van der Waals surface area contributed by atoms with E-state index in [1.54, 1.807) is 7.11 Å². The fourth-order valence-corrected chi connectivity index (χ4v) is 7.96. The molecule has 0 saturated heterocycles. The molecule has 4 unspecified atom stereocenters. The molecular formula is C28H25O4P. The van der Waals surface area contributed by atoms with Gasteiger partial charge in [-0.3, -0.25) is 0 Å². The number of benzene rings is 3. The molecule has 4 atom stereocenters. The molecule has 166 valence electrons. The normalized spacial score (nSPS) is 24.9. The van der Waals surface area contributed by atoms with Crippen molar-refractivity contribution in [2.45, 2.75) is 6.42 Å². The standard InChI is InChI=1S/C28H25O4P/c1-30-22-16-14-19(15-17-22)26-25-20-12-13-21(18-20)27(25)28(26)33(29,31-23-8-4-2-5-9-23)32-24-10-6-3-7-11-24/h2-17,20-21,25,27H,18H2,1H3. The molecule has 1 saturated carbocycles. The monoisotopic (exact) mass is 456 g/mol. The van der Waals surface area contributed by atoms with E-state index in [-0.39, 0.29) is 5.92 Å². The van der Waals surface area contributed by atoms with E-state index in [0.29, 0.717) is 29.3 Å². The van der Waals surface area contributed by atoms with Crippen molar-refractivity contribution in [1.29, 1.82) is 0 Å². The van der Waals surface area contributed by atoms with Crippen LogP contribution in [0.5, 0.6) is 17.2 Å². The van der Waals surface area contributed by atoms with E-state index in [1.807, 2.05) is 72.8 Å². The van der Waals surface area contributed by atoms with E-state index in [0.717, 1.165) is 28.6 Å². The number of para-hydroxylation sites is 2. The van der Waals surface area contributed by atoms with Crippen molar-refractivity contribution < 1.29 is 18.3 Å². The molecule has 0 heterocycles. The zero-order valence-corrected chi connectivity index (χ0v) is 19.2. The molecule has 3 aromatic carbocycles. The van der Waals surface area contributed by atoms with Crippen molar-refractivity contribution in [2.24, 2.45) is 23.7 Å². The Morgan fingerprint density at radius 3 is 1.79 bits per heavy atom. The van der Waals surface area contributed by atoms with E-state index in [9.17, 15) is 4.57 Å². The number of rotatable bonds is 7. The number of hydrogen-bond acceptors (Lipinski definition) is 4. The fourth-order valence-electron chi connectivity index (χ4n) is 5.64. The maximum Gasteiger partial charge on any atom is 0.459 e. The lowest BCUT2D eigenvalue weighted by Crippen LogP contribution is -2.34. The second-order valence-electron chi connectivity index (χ2n) is 8.83. The van der Waals surface area contributed by atoms with Crippen molar-refractivity contribution in [3.63, 3.8) is 0 Å². The van der Waals surface area contributed by atoms with E-state index in [4.69, 9.17) is 13.8 Å². The van der Waals surface area contributed by atoms with Crippen LogP contribution in [-0.2, 0) is 4.57 Å². The molecular weight excluding hydrogens is 431 g/mol. The Bertz CT molecular complexity index is 1220. The van der Waals surface area contributed by atoms with Gasteiger partial charge in [0.1, 0.15) is 17.2 Å². The molecule has 3 aliphatic rings. The first-order valence-corrected chi connectivity index (χ1v) is 12.9. The van der Waals surface area contributed by atoms with Gasteiger partial charge in [-0.05, 0) is 71.7 Å². The lowest BCUT2D eigenvalue weighted by molar-refractivity contribution is 0.352. The van der Waals surface area contributed by atoms with Gasteiger partial charge >= 0.3 is 7.60 Å². The van der Waals surface area contributed by atoms with Crippen LogP contribution < -0.4 is 13.8 Å². The van der Waals surface area contributed by atoms with Crippen molar-refractivity contribution in [3.05, 3.63) is 108 Å². The van der Waals surface area contributed by atoms with E-state index >= 15 is 0 Å². The number of hydrogen-bond donors (Lipinski definition) is 0. The summed E-state index contributed by atoms with van der Waals surface area (Å²) in [6.07, 6.45) is 5.70. The van der Waals surface area contributed by atoms with Crippen molar-refractivity contribution in [1.82, 2.24) is 0 Å². The molecule has 2 bridgehead atoms. The van der Waals surface area contributed by atoms with Crippen LogP contribution in [0.3, 0.4) is 0 Å². The minimum Gasteiger partial charge on any atom is -0.497 e. The highest BCUT2D eigenvalue weighted by molar-refractivity contribution is 7.59. The smallest absolute Gasteiger partial charge is 0.459 e. The molecule has 0 aromatic heterocycles. The van der Waals surface area contributed by atoms with Crippen molar-refractivity contribution in [3.8, 4) is 17.2 Å². The van der Waals surface area contributed by atoms with Crippen LogP contribution >= 0.6 is 7.60 Å². The maximum atomic E-state index is 14.7. The summed E-state index contributed by atoms with van der Waals surface area (Å²) in [5.41, 5.74) is 2.16. The van der Waals surface area contributed by atoms with E-state index in [2.05, 4.69) is 24.3 Å². The number of ether oxygens (including phenoxy) is 1. The Morgan fingerprint density at radius 1 is 0.697 bits per heavy atom. The van der Waals surface area contributed by atoms with Gasteiger partial charge < -0.3 is 13.8 Å². The summed E-state index contributed by atoms with van der Waals surface area (Å²) in [4.78, 5) is 0. The van der Waals surface area contributed by atoms with Gasteiger partial charge in [0.25, 0.3) is 0 Å². The molecule has 3 aromatic rings. The maximum absolute atomic E-state index is 14.7. The average molecular weight is 456 g/mol. The summed E-state index contributed by atoms with van der Waals surface area (Å²) in [6.45, 7) is 0. The molecule has 3 aliphatic carbocycles. The number of methoxy groups -OCH3 is 1. The molecule has 0 N–H and O–H groups in total. The van der Waals surface area contributed by atoms with Crippen LogP contribution in [0.4, 0.5) is 0 Å². The lowest BCUT2D eigenvalue weighted by Gasteiger charge is -2.44. The Balaban J connectivity index is 1.49. The highest BCUT2D eigenvalue weighted by atomic mass is 31.2. The quantitative estimate of drug-likeness (QED) is 0.278. The highest BCUT2D eigenvalue weighted by Gasteiger charge is 2.61. The summed E-state index contributed by atoms with van der Waals surface area (Å²) in [7, 11) is -2.03. The second-order valence-corrected chi connectivity index (χ2v) is 10.7. The molecule has 6 rings (SSSR count). The van der Waals surface area contributed by atoms with Crippen LogP contribution in [0.2, 0.25) is 0 Å². The van der Waals surface area contributed by atoms with Gasteiger partial charge in [0.05, 0.1) is 12.4 Å². The predicted octanol–water partition coefficient (Wildman–Crippen LogP) is 7.21. The molecule has 1 fully saturated rings. The summed E-state index contributed by atoms with van der Waals surface area (Å²) in [5.74, 6) is 3.26. The summed E-state index contributed by atoms with van der Waals surface area (Å²) in [6, 6.07) is 26.7. The van der Waals surface area contributed by atoms with Crippen LogP contribution in [0.25, 0.3) is 5.57 Å². The van der Waals surface area contributed by atoms with E-state index < -0.39 is 7.60 Å². The Kier molecular flexibility index (Phi) is 4.92. The fraction of sp³-hybridized carbons (Fsp3) is 0.214. The van der Waals surface area contributed by atoms with Gasteiger partial charge in [-0.2, -0.15) is 0 Å². The highest BCUT2D eigenvalue weighted by Crippen LogP contribution is 2.74. The third-order valence-electron chi connectivity index (χ3n) is 7.02. The Labute approximate surface area is 194 Å². The third kappa shape index (κ3) is 3.41. The summed E-state index contributed by atoms with van der Waals surface area (Å²) in [5, 5.41) is 0.822. The third-order valence-corrected chi connectivity index (χ3v) is 9.05. The molecule has 0 aliphatic heterocycles. The largest absolute Gasteiger partial charge is 0.497 e. The van der Waals surface area contributed by atoms with E-state index in [1.165, 1.54) is 0 Å². The lowest BCUT2D eigenvalue weighted by atomic mass is 9.66. The molecule has 4 nitrogen and oxygen atoms in total. The summed E-state index contributed by atoms with van der Waals surface area (Å²) >= 11 is 0. The molecule has 0 amide bonds. The first-order chi connectivity index (χ1) is 16.2. The van der Waals surface area contributed by atoms with Gasteiger partial charge in [-0.1, -0.05) is 60.7 Å². The molecule has 5 heteroatoms. The van der Waals surface area contributed by atoms with Gasteiger partial charge in [0.2, 0.25) is 0 Å². The van der Waals surface area contributed by atoms with Gasteiger partial charge in [-0.15, -0.1) is 0 Å². The average Bonchev–Trinajstić information content (AvgIpc) is 3.39. The molecule has 33 heavy (non-hydrogen) atoms. The van der Waals surface area contributed by atoms with Crippen LogP contribution in [0.1, 0.15) is 12.0 Å². The van der Waals surface area contributed by atoms with Gasteiger partial charge in [0, 0.05) is 5.92 Å². The van der Waals surface area contributed by atoms with Gasteiger partial charge in [-0.25, -0.2) is 4.57 Å². The van der Waals surface area contributed by atoms with Crippen LogP contribution in [0, 0.1) is 23.7 Å². The van der Waals surface area contributed by atoms with Crippen molar-refractivity contribution >= 4 is 13.2 Å². The SMILES string of the molecule is COc1ccc(C2=C(P(=O)(Oc3ccccc3)Oc3ccccc3)C3C4C=CC(C4)C23)cc1. The van der Waals surface area contributed by atoms with Crippen molar-refractivity contribution in [2.75, 3.05) is 7.11 Å². The molecule has 0 radical (unpaired) electrons. The number of allylic oxidation sites excluding steroid dienone is 4. The summed E-state index contributed by atoms with van der Waals surface area (Å²) < 4.78 is 32.6. The minimum atomic E-state index is -3.69. The molecule has 0 spiro atoms. The first-order valence-electron chi connectivity index (χ1n) is 11.3. The number of fused-ring (bicyclic) bond motifs is 5. The predicted molar refractivity (Wildman–Crippen MR) is 129 cm³/mol. The second kappa shape index (κ2) is 7.97. The Morgan fingerprint density at radius 2 is 1.24 bits per heavy atom. The minimum absolute atomic E-state index is 0.176. The van der Waals surface area contributed by atoms with Crippen LogP contribution in [-0.4, -0.2) is 7.11 Å². The topological polar surface area (TPSA) is 44.8 Å². The Hall–Kier alpha value is -3.23. The zero-order chi connectivity index (χ0) is 22.4. The zero-order valence-electron chi connectivity index (χ0n) is 18.3. The first kappa shape index (κ1) is 20.4. The van der Waals surface area contributed by atoms with Crippen LogP contribution in [0.15, 0.2) is 102 Å².